The van der Waals surface area contributed by atoms with Crippen LogP contribution in [0, 0.1) is 5.92 Å². The van der Waals surface area contributed by atoms with Crippen LogP contribution < -0.4 is 5.73 Å². The van der Waals surface area contributed by atoms with Gasteiger partial charge in [-0.15, -0.1) is 0 Å². The van der Waals surface area contributed by atoms with Crippen LogP contribution in [0.2, 0.25) is 0 Å². The second kappa shape index (κ2) is 5.08. The Morgan fingerprint density at radius 2 is 2.17 bits per heavy atom. The summed E-state index contributed by atoms with van der Waals surface area (Å²) in [6.45, 7) is 1.97. The highest BCUT2D eigenvalue weighted by Crippen LogP contribution is 2.06. The van der Waals surface area contributed by atoms with Crippen molar-refractivity contribution in [2.45, 2.75) is 19.1 Å². The Balaban J connectivity index is 3.99. The quantitative estimate of drug-likeness (QED) is 0.503. The van der Waals surface area contributed by atoms with Gasteiger partial charge in [0.2, 0.25) is 0 Å². The van der Waals surface area contributed by atoms with E-state index in [0.717, 1.165) is 0 Å². The first-order valence-corrected chi connectivity index (χ1v) is 3.66. The molecule has 3 unspecified atom stereocenters. The van der Waals surface area contributed by atoms with E-state index in [9.17, 15) is 9.90 Å². The van der Waals surface area contributed by atoms with Crippen LogP contribution in [-0.2, 0) is 9.53 Å². The van der Waals surface area contributed by atoms with Crippen molar-refractivity contribution in [3.63, 3.8) is 0 Å². The predicted molar refractivity (Wildman–Crippen MR) is 42.7 cm³/mol. The van der Waals surface area contributed by atoms with Gasteiger partial charge < -0.3 is 20.7 Å². The molecule has 0 saturated carbocycles. The van der Waals surface area contributed by atoms with Crippen LogP contribution in [0.3, 0.4) is 0 Å². The molecule has 4 N–H and O–H groups in total. The molecule has 0 aromatic heterocycles. The van der Waals surface area contributed by atoms with Crippen LogP contribution in [0.4, 0.5) is 0 Å². The first kappa shape index (κ1) is 11.4. The number of hydrogen-bond donors (Lipinski definition) is 3. The Bertz CT molecular complexity index is 150. The number of carboxylic acids is 1. The molecule has 3 atom stereocenters. The third-order valence-corrected chi connectivity index (χ3v) is 1.67. The molecule has 0 amide bonds. The van der Waals surface area contributed by atoms with Crippen molar-refractivity contribution in [1.29, 1.82) is 0 Å². The number of carbonyl (C=O) groups is 1. The SMILES string of the molecule is COCC(C)C(O)C(N)C(=O)O. The normalized spacial score (nSPS) is 18.3. The van der Waals surface area contributed by atoms with Gasteiger partial charge in [0, 0.05) is 13.0 Å². The minimum absolute atomic E-state index is 0.277. The van der Waals surface area contributed by atoms with E-state index in [-0.39, 0.29) is 5.92 Å². The van der Waals surface area contributed by atoms with E-state index in [0.29, 0.717) is 6.61 Å². The molecule has 5 heteroatoms. The van der Waals surface area contributed by atoms with Gasteiger partial charge in [0.1, 0.15) is 6.04 Å². The first-order valence-electron chi connectivity index (χ1n) is 3.66. The summed E-state index contributed by atoms with van der Waals surface area (Å²) in [7, 11) is 1.48. The fraction of sp³-hybridized carbons (Fsp3) is 0.857. The van der Waals surface area contributed by atoms with Gasteiger partial charge in [0.05, 0.1) is 12.7 Å². The number of hydrogen-bond acceptors (Lipinski definition) is 4. The third kappa shape index (κ3) is 3.17. The number of methoxy groups -OCH3 is 1. The molecule has 0 fully saturated rings. The van der Waals surface area contributed by atoms with E-state index in [1.165, 1.54) is 7.11 Å². The summed E-state index contributed by atoms with van der Waals surface area (Å²) in [5, 5.41) is 17.7. The number of aliphatic hydroxyl groups is 1. The largest absolute Gasteiger partial charge is 0.480 e. The topological polar surface area (TPSA) is 92.8 Å². The van der Waals surface area contributed by atoms with Gasteiger partial charge >= 0.3 is 5.97 Å². The molecule has 72 valence electrons. The lowest BCUT2D eigenvalue weighted by molar-refractivity contribution is -0.142. The Kier molecular flexibility index (Phi) is 4.80. The Labute approximate surface area is 71.1 Å². The lowest BCUT2D eigenvalue weighted by Gasteiger charge is -2.20. The summed E-state index contributed by atoms with van der Waals surface area (Å²) in [6, 6.07) is -1.24. The summed E-state index contributed by atoms with van der Waals surface area (Å²) in [5.41, 5.74) is 5.19. The van der Waals surface area contributed by atoms with Gasteiger partial charge in [-0.2, -0.15) is 0 Å². The van der Waals surface area contributed by atoms with Gasteiger partial charge in [0.15, 0.2) is 0 Å². The second-order valence-electron chi connectivity index (χ2n) is 2.79. The van der Waals surface area contributed by atoms with Crippen LogP contribution in [0.1, 0.15) is 6.92 Å². The maximum Gasteiger partial charge on any atom is 0.323 e. The molecule has 0 radical (unpaired) electrons. The highest BCUT2D eigenvalue weighted by molar-refractivity contribution is 5.73. The Morgan fingerprint density at radius 3 is 2.50 bits per heavy atom. The fourth-order valence-corrected chi connectivity index (χ4v) is 0.862. The lowest BCUT2D eigenvalue weighted by atomic mass is 9.99. The van der Waals surface area contributed by atoms with E-state index in [2.05, 4.69) is 0 Å². The predicted octanol–water partition coefficient (Wildman–Crippen LogP) is -0.958. The monoisotopic (exact) mass is 177 g/mol. The zero-order valence-corrected chi connectivity index (χ0v) is 7.23. The van der Waals surface area contributed by atoms with E-state index in [1.807, 2.05) is 0 Å². The molecule has 0 heterocycles. The molecule has 0 saturated heterocycles. The van der Waals surface area contributed by atoms with E-state index < -0.39 is 18.1 Å². The van der Waals surface area contributed by atoms with Crippen molar-refractivity contribution in [2.75, 3.05) is 13.7 Å². The molecular weight excluding hydrogens is 162 g/mol. The van der Waals surface area contributed by atoms with E-state index in [1.54, 1.807) is 6.92 Å². The van der Waals surface area contributed by atoms with E-state index in [4.69, 9.17) is 15.6 Å². The van der Waals surface area contributed by atoms with Gasteiger partial charge in [0.25, 0.3) is 0 Å². The smallest absolute Gasteiger partial charge is 0.323 e. The molecule has 0 bridgehead atoms. The summed E-state index contributed by atoms with van der Waals surface area (Å²) in [6.07, 6.45) is -1.07. The molecule has 0 aromatic carbocycles. The molecule has 0 aliphatic heterocycles. The van der Waals surface area contributed by atoms with Crippen molar-refractivity contribution in [2.24, 2.45) is 11.7 Å². The number of carboxylic acid groups (broad SMARTS) is 1. The zero-order valence-electron chi connectivity index (χ0n) is 7.23. The van der Waals surface area contributed by atoms with Crippen molar-refractivity contribution in [3.05, 3.63) is 0 Å². The van der Waals surface area contributed by atoms with Crippen LogP contribution in [-0.4, -0.2) is 42.0 Å². The summed E-state index contributed by atoms with van der Waals surface area (Å²) in [5.74, 6) is -1.48. The molecule has 5 nitrogen and oxygen atoms in total. The third-order valence-electron chi connectivity index (χ3n) is 1.67. The average Bonchev–Trinajstić information content (AvgIpc) is 2.02. The number of aliphatic hydroxyl groups excluding tert-OH is 1. The molecule has 0 spiro atoms. The summed E-state index contributed by atoms with van der Waals surface area (Å²) >= 11 is 0. The number of rotatable bonds is 5. The van der Waals surface area contributed by atoms with Crippen molar-refractivity contribution < 1.29 is 19.7 Å². The van der Waals surface area contributed by atoms with Crippen LogP contribution >= 0.6 is 0 Å². The number of aliphatic carboxylic acids is 1. The van der Waals surface area contributed by atoms with Crippen LogP contribution in [0.5, 0.6) is 0 Å². The first-order chi connectivity index (χ1) is 5.50. The van der Waals surface area contributed by atoms with E-state index >= 15 is 0 Å². The molecule has 0 aliphatic rings. The van der Waals surface area contributed by atoms with Crippen LogP contribution in [0.25, 0.3) is 0 Å². The highest BCUT2D eigenvalue weighted by atomic mass is 16.5. The van der Waals surface area contributed by atoms with Crippen molar-refractivity contribution in [1.82, 2.24) is 0 Å². The minimum Gasteiger partial charge on any atom is -0.480 e. The summed E-state index contributed by atoms with van der Waals surface area (Å²) in [4.78, 5) is 10.3. The second-order valence-corrected chi connectivity index (χ2v) is 2.79. The maximum absolute atomic E-state index is 10.3. The standard InChI is InChI=1S/C7H15NO4/c1-4(3-12-2)6(9)5(8)7(10)11/h4-6,9H,3,8H2,1-2H3,(H,10,11). The lowest BCUT2D eigenvalue weighted by Crippen LogP contribution is -2.46. The van der Waals surface area contributed by atoms with Crippen LogP contribution in [0.15, 0.2) is 0 Å². The average molecular weight is 177 g/mol. The van der Waals surface area contributed by atoms with Gasteiger partial charge in [-0.05, 0) is 0 Å². The fourth-order valence-electron chi connectivity index (χ4n) is 0.862. The summed E-state index contributed by atoms with van der Waals surface area (Å²) < 4.78 is 4.75. The maximum atomic E-state index is 10.3. The minimum atomic E-state index is -1.24. The molecule has 12 heavy (non-hydrogen) atoms. The molecule has 0 rings (SSSR count). The van der Waals surface area contributed by atoms with Gasteiger partial charge in [-0.1, -0.05) is 6.92 Å². The number of nitrogens with two attached hydrogens (primary N) is 1. The van der Waals surface area contributed by atoms with Gasteiger partial charge in [-0.25, -0.2) is 0 Å². The Hall–Kier alpha value is -0.650. The van der Waals surface area contributed by atoms with Gasteiger partial charge in [-0.3, -0.25) is 4.79 Å². The van der Waals surface area contributed by atoms with Crippen molar-refractivity contribution in [3.8, 4) is 0 Å². The Morgan fingerprint density at radius 1 is 1.67 bits per heavy atom. The molecule has 0 aromatic rings. The molecular formula is C7H15NO4. The zero-order chi connectivity index (χ0) is 9.72. The number of ether oxygens (including phenoxy) is 1. The van der Waals surface area contributed by atoms with Crippen molar-refractivity contribution >= 4 is 5.97 Å². The highest BCUT2D eigenvalue weighted by Gasteiger charge is 2.26. The molecule has 0 aliphatic carbocycles.